The molecule has 0 fully saturated rings. The number of hydrogen-bond acceptors (Lipinski definition) is 3. The second-order valence-electron chi connectivity index (χ2n) is 1.98. The van der Waals surface area contributed by atoms with E-state index in [1.54, 1.807) is 0 Å². The van der Waals surface area contributed by atoms with Crippen molar-refractivity contribution in [1.82, 2.24) is 0 Å². The Morgan fingerprint density at radius 2 is 1.91 bits per heavy atom. The lowest BCUT2D eigenvalue weighted by Crippen LogP contribution is -1.84. The van der Waals surface area contributed by atoms with Crippen molar-refractivity contribution >= 4 is 22.6 Å². The van der Waals surface area contributed by atoms with Gasteiger partial charge in [0.2, 0.25) is 0 Å². The lowest BCUT2D eigenvalue weighted by molar-refractivity contribution is 0.368. The molecule has 11 heavy (non-hydrogen) atoms. The van der Waals surface area contributed by atoms with Crippen molar-refractivity contribution in [3.63, 3.8) is 0 Å². The fourth-order valence-corrected chi connectivity index (χ4v) is 1.15. The summed E-state index contributed by atoms with van der Waals surface area (Å²) in [5.74, 6) is 0.429. The Morgan fingerprint density at radius 1 is 1.27 bits per heavy atom. The Balaban J connectivity index is 3.21. The maximum atomic E-state index is 9.17. The number of benzene rings is 1. The molecule has 0 unspecified atom stereocenters. The predicted octanol–water partition coefficient (Wildman–Crippen LogP) is 1.71. The van der Waals surface area contributed by atoms with E-state index in [1.807, 2.05) is 22.6 Å². The lowest BCUT2D eigenvalue weighted by Gasteiger charge is -2.04. The lowest BCUT2D eigenvalue weighted by atomic mass is 10.3. The first-order valence-corrected chi connectivity index (χ1v) is 3.98. The summed E-state index contributed by atoms with van der Waals surface area (Å²) in [5.41, 5.74) is 0. The van der Waals surface area contributed by atoms with Gasteiger partial charge in [0.05, 0.1) is 10.7 Å². The fourth-order valence-electron chi connectivity index (χ4n) is 0.696. The minimum Gasteiger partial charge on any atom is -0.507 e. The van der Waals surface area contributed by atoms with Crippen LogP contribution < -0.4 is 4.74 Å². The van der Waals surface area contributed by atoms with Crippen molar-refractivity contribution in [1.29, 1.82) is 0 Å². The number of methoxy groups -OCH3 is 1. The number of phenols is 2. The number of ether oxygens (including phenoxy) is 1. The first-order valence-electron chi connectivity index (χ1n) is 2.90. The zero-order chi connectivity index (χ0) is 8.43. The Hall–Kier alpha value is -0.650. The van der Waals surface area contributed by atoms with E-state index in [4.69, 9.17) is 9.84 Å². The molecule has 3 nitrogen and oxygen atoms in total. The largest absolute Gasteiger partial charge is 0.507 e. The van der Waals surface area contributed by atoms with E-state index in [0.29, 0.717) is 3.57 Å². The molecular formula is C7H7IO3. The molecule has 0 saturated heterocycles. The number of rotatable bonds is 1. The van der Waals surface area contributed by atoms with Gasteiger partial charge in [-0.1, -0.05) is 0 Å². The monoisotopic (exact) mass is 266 g/mol. The average Bonchev–Trinajstić information content (AvgIpc) is 1.97. The Morgan fingerprint density at radius 3 is 2.45 bits per heavy atom. The van der Waals surface area contributed by atoms with Crippen LogP contribution in [0.5, 0.6) is 17.2 Å². The minimum absolute atomic E-state index is 0.0368. The molecule has 0 amide bonds. The maximum absolute atomic E-state index is 9.17. The zero-order valence-electron chi connectivity index (χ0n) is 5.84. The van der Waals surface area contributed by atoms with Gasteiger partial charge in [-0.15, -0.1) is 0 Å². The molecule has 2 N–H and O–H groups in total. The molecule has 4 heteroatoms. The average molecular weight is 266 g/mol. The number of halogens is 1. The fraction of sp³-hybridized carbons (Fsp3) is 0.143. The van der Waals surface area contributed by atoms with E-state index in [-0.39, 0.29) is 17.2 Å². The van der Waals surface area contributed by atoms with E-state index in [2.05, 4.69) is 0 Å². The highest BCUT2D eigenvalue weighted by atomic mass is 127. The second kappa shape index (κ2) is 3.17. The molecular weight excluding hydrogens is 259 g/mol. The molecule has 0 aromatic heterocycles. The Bertz CT molecular complexity index is 273. The van der Waals surface area contributed by atoms with Crippen LogP contribution in [-0.4, -0.2) is 17.3 Å². The summed E-state index contributed by atoms with van der Waals surface area (Å²) < 4.78 is 5.37. The summed E-state index contributed by atoms with van der Waals surface area (Å²) in [7, 11) is 1.43. The number of phenolic OH excluding ortho intramolecular Hbond substituents is 2. The quantitative estimate of drug-likeness (QED) is 0.601. The van der Waals surface area contributed by atoms with Crippen LogP contribution in [-0.2, 0) is 0 Å². The summed E-state index contributed by atoms with van der Waals surface area (Å²) in [6, 6.07) is 2.81. The normalized spacial score (nSPS) is 9.64. The van der Waals surface area contributed by atoms with E-state index in [0.717, 1.165) is 0 Å². The number of hydrogen-bond donors (Lipinski definition) is 2. The zero-order valence-corrected chi connectivity index (χ0v) is 7.99. The van der Waals surface area contributed by atoms with Crippen LogP contribution >= 0.6 is 22.6 Å². The van der Waals surface area contributed by atoms with E-state index in [9.17, 15) is 5.11 Å². The Labute approximate surface area is 77.8 Å². The first kappa shape index (κ1) is 8.45. The second-order valence-corrected chi connectivity index (χ2v) is 3.14. The summed E-state index contributed by atoms with van der Waals surface area (Å²) in [6.07, 6.45) is 0. The molecule has 1 aromatic rings. The van der Waals surface area contributed by atoms with E-state index in [1.165, 1.54) is 19.2 Å². The van der Waals surface area contributed by atoms with Crippen molar-refractivity contribution in [3.8, 4) is 17.2 Å². The van der Waals surface area contributed by atoms with Gasteiger partial charge in [0.25, 0.3) is 0 Å². The topological polar surface area (TPSA) is 49.7 Å². The van der Waals surface area contributed by atoms with Gasteiger partial charge in [-0.05, 0) is 22.6 Å². The molecule has 60 valence electrons. The van der Waals surface area contributed by atoms with E-state index < -0.39 is 0 Å². The van der Waals surface area contributed by atoms with Crippen molar-refractivity contribution < 1.29 is 14.9 Å². The SMILES string of the molecule is COc1cc(O)c(I)cc1O. The molecule has 0 aliphatic heterocycles. The molecule has 1 rings (SSSR count). The van der Waals surface area contributed by atoms with Crippen molar-refractivity contribution in [3.05, 3.63) is 15.7 Å². The van der Waals surface area contributed by atoms with Crippen LogP contribution in [0.25, 0.3) is 0 Å². The van der Waals surface area contributed by atoms with Crippen molar-refractivity contribution in [2.75, 3.05) is 7.11 Å². The van der Waals surface area contributed by atoms with Crippen molar-refractivity contribution in [2.24, 2.45) is 0 Å². The minimum atomic E-state index is 0.0368. The smallest absolute Gasteiger partial charge is 0.164 e. The highest BCUT2D eigenvalue weighted by Crippen LogP contribution is 2.33. The molecule has 0 spiro atoms. The van der Waals surface area contributed by atoms with Gasteiger partial charge in [-0.3, -0.25) is 0 Å². The van der Waals surface area contributed by atoms with Gasteiger partial charge in [-0.2, -0.15) is 0 Å². The molecule has 0 bridgehead atoms. The van der Waals surface area contributed by atoms with Gasteiger partial charge in [0.15, 0.2) is 11.5 Å². The van der Waals surface area contributed by atoms with Crippen LogP contribution in [0.4, 0.5) is 0 Å². The molecule has 0 aliphatic carbocycles. The molecule has 0 saturated carbocycles. The maximum Gasteiger partial charge on any atom is 0.164 e. The summed E-state index contributed by atoms with van der Waals surface area (Å²) in [4.78, 5) is 0. The third kappa shape index (κ3) is 1.68. The summed E-state index contributed by atoms with van der Waals surface area (Å²) in [5, 5.41) is 18.3. The van der Waals surface area contributed by atoms with Gasteiger partial charge in [0.1, 0.15) is 5.75 Å². The molecule has 0 atom stereocenters. The highest BCUT2D eigenvalue weighted by Gasteiger charge is 2.05. The molecule has 0 radical (unpaired) electrons. The molecule has 0 aliphatic rings. The highest BCUT2D eigenvalue weighted by molar-refractivity contribution is 14.1. The first-order chi connectivity index (χ1) is 5.15. The van der Waals surface area contributed by atoms with Crippen molar-refractivity contribution in [2.45, 2.75) is 0 Å². The predicted molar refractivity (Wildman–Crippen MR) is 49.0 cm³/mol. The third-order valence-electron chi connectivity index (χ3n) is 1.25. The van der Waals surface area contributed by atoms with Crippen LogP contribution in [0.1, 0.15) is 0 Å². The number of aromatic hydroxyl groups is 2. The van der Waals surface area contributed by atoms with Crippen LogP contribution in [0.2, 0.25) is 0 Å². The molecule has 1 aromatic carbocycles. The van der Waals surface area contributed by atoms with Gasteiger partial charge >= 0.3 is 0 Å². The van der Waals surface area contributed by atoms with Crippen LogP contribution in [0.3, 0.4) is 0 Å². The Kier molecular flexibility index (Phi) is 2.43. The summed E-state index contributed by atoms with van der Waals surface area (Å²) in [6.45, 7) is 0. The van der Waals surface area contributed by atoms with Gasteiger partial charge in [0, 0.05) is 12.1 Å². The van der Waals surface area contributed by atoms with E-state index >= 15 is 0 Å². The molecule has 0 heterocycles. The summed E-state index contributed by atoms with van der Waals surface area (Å²) >= 11 is 1.92. The third-order valence-corrected chi connectivity index (χ3v) is 2.11. The standard InChI is InChI=1S/C7H7IO3/c1-11-7-3-5(9)4(8)2-6(7)10/h2-3,9-10H,1H3. The van der Waals surface area contributed by atoms with Crippen LogP contribution in [0.15, 0.2) is 12.1 Å². The van der Waals surface area contributed by atoms with Gasteiger partial charge < -0.3 is 14.9 Å². The van der Waals surface area contributed by atoms with Gasteiger partial charge in [-0.25, -0.2) is 0 Å². The van der Waals surface area contributed by atoms with Crippen LogP contribution in [0, 0.1) is 3.57 Å².